The quantitative estimate of drug-likeness (QED) is 0.287. The minimum atomic E-state index is -0.406. The van der Waals surface area contributed by atoms with E-state index in [1.807, 2.05) is 6.07 Å². The number of hydrogen-bond acceptors (Lipinski definition) is 8. The van der Waals surface area contributed by atoms with E-state index >= 15 is 0 Å². The van der Waals surface area contributed by atoms with E-state index in [9.17, 15) is 24.4 Å². The normalized spacial score (nSPS) is 18.4. The smallest absolute Gasteiger partial charge is 0.309 e. The number of carbonyl (C=O) groups excluding carboxylic acids is 4. The lowest BCUT2D eigenvalue weighted by atomic mass is 9.96. The van der Waals surface area contributed by atoms with E-state index in [0.717, 1.165) is 16.7 Å². The summed E-state index contributed by atoms with van der Waals surface area (Å²) in [6, 6.07) is 1.86. The molecule has 0 saturated carbocycles. The zero-order chi connectivity index (χ0) is 19.8. The molecule has 2 heterocycles. The van der Waals surface area contributed by atoms with Crippen molar-refractivity contribution in [2.75, 3.05) is 38.5 Å². The molecule has 2 aliphatic heterocycles. The Morgan fingerprint density at radius 3 is 2.63 bits per heavy atom. The highest BCUT2D eigenvalue weighted by Gasteiger charge is 2.30. The van der Waals surface area contributed by atoms with Crippen LogP contribution in [0.25, 0.3) is 0 Å². The van der Waals surface area contributed by atoms with E-state index in [0.29, 0.717) is 32.5 Å². The van der Waals surface area contributed by atoms with Crippen molar-refractivity contribution in [3.63, 3.8) is 0 Å². The molecule has 0 radical (unpaired) electrons. The minimum Gasteiger partial charge on any atom is -0.466 e. The maximum absolute atomic E-state index is 12.4. The molecule has 0 atom stereocenters. The van der Waals surface area contributed by atoms with Crippen LogP contribution in [0.4, 0.5) is 4.79 Å². The summed E-state index contributed by atoms with van der Waals surface area (Å²) in [5.74, 6) is -0.951. The molecule has 2 saturated heterocycles. The summed E-state index contributed by atoms with van der Waals surface area (Å²) in [4.78, 5) is 49.8. The van der Waals surface area contributed by atoms with E-state index in [1.165, 1.54) is 11.1 Å². The van der Waals surface area contributed by atoms with Crippen molar-refractivity contribution >= 4 is 34.8 Å². The second-order valence-electron chi connectivity index (χ2n) is 6.04. The molecule has 0 spiro atoms. The van der Waals surface area contributed by atoms with Crippen molar-refractivity contribution in [2.24, 2.45) is 5.92 Å². The van der Waals surface area contributed by atoms with E-state index in [1.54, 1.807) is 6.92 Å². The van der Waals surface area contributed by atoms with Gasteiger partial charge in [0.05, 0.1) is 18.3 Å². The Hall–Kier alpha value is -2.54. The second-order valence-corrected chi connectivity index (χ2v) is 6.97. The summed E-state index contributed by atoms with van der Waals surface area (Å²) in [5, 5.41) is 11.8. The molecule has 0 unspecified atom stereocenters. The molecule has 2 rings (SSSR count). The number of imide groups is 1. The SMILES string of the molecule is CCOC(=O)C1CCN(C(=O)/C(C#N)=C\NCCN2C(=O)CSC2=O)CC1. The monoisotopic (exact) mass is 394 g/mol. The van der Waals surface area contributed by atoms with Gasteiger partial charge < -0.3 is 15.0 Å². The number of esters is 1. The number of rotatable bonds is 7. The third kappa shape index (κ3) is 5.47. The van der Waals surface area contributed by atoms with Gasteiger partial charge in [-0.05, 0) is 19.8 Å². The lowest BCUT2D eigenvalue weighted by Gasteiger charge is -2.30. The number of nitrogens with zero attached hydrogens (tertiary/aromatic N) is 3. The molecule has 0 aromatic carbocycles. The Labute approximate surface area is 161 Å². The summed E-state index contributed by atoms with van der Waals surface area (Å²) in [5.41, 5.74) is -0.0574. The number of likely N-dealkylation sites (tertiary alicyclic amines) is 1. The van der Waals surface area contributed by atoms with Crippen LogP contribution in [-0.2, 0) is 19.1 Å². The molecular weight excluding hydrogens is 372 g/mol. The molecule has 2 aliphatic rings. The van der Waals surface area contributed by atoms with Crippen molar-refractivity contribution in [3.8, 4) is 6.07 Å². The molecule has 10 heteroatoms. The summed E-state index contributed by atoms with van der Waals surface area (Å²) in [6.07, 6.45) is 2.32. The Bertz CT molecular complexity index is 663. The van der Waals surface area contributed by atoms with Gasteiger partial charge in [-0.1, -0.05) is 11.8 Å². The molecule has 0 bridgehead atoms. The number of piperidine rings is 1. The third-order valence-corrected chi connectivity index (χ3v) is 5.18. The molecule has 3 amide bonds. The number of nitrogens with one attached hydrogen (secondary N) is 1. The van der Waals surface area contributed by atoms with Crippen molar-refractivity contribution in [1.29, 1.82) is 5.26 Å². The Balaban J connectivity index is 1.80. The first-order valence-corrected chi connectivity index (χ1v) is 9.73. The van der Waals surface area contributed by atoms with Gasteiger partial charge in [0.1, 0.15) is 11.6 Å². The first-order valence-electron chi connectivity index (χ1n) is 8.74. The van der Waals surface area contributed by atoms with E-state index in [2.05, 4.69) is 5.32 Å². The molecule has 9 nitrogen and oxygen atoms in total. The average Bonchev–Trinajstić information content (AvgIpc) is 2.99. The Kier molecular flexibility index (Phi) is 7.67. The van der Waals surface area contributed by atoms with Crippen LogP contribution in [0, 0.1) is 17.2 Å². The van der Waals surface area contributed by atoms with Crippen LogP contribution in [0.1, 0.15) is 19.8 Å². The molecule has 27 heavy (non-hydrogen) atoms. The van der Waals surface area contributed by atoms with Crippen molar-refractivity contribution in [1.82, 2.24) is 15.1 Å². The second kappa shape index (κ2) is 9.97. The summed E-state index contributed by atoms with van der Waals surface area (Å²) >= 11 is 0.959. The van der Waals surface area contributed by atoms with Crippen LogP contribution >= 0.6 is 11.8 Å². The fourth-order valence-electron chi connectivity index (χ4n) is 2.84. The van der Waals surface area contributed by atoms with E-state index in [4.69, 9.17) is 4.74 Å². The molecule has 2 fully saturated rings. The van der Waals surface area contributed by atoms with Crippen LogP contribution in [0.3, 0.4) is 0 Å². The van der Waals surface area contributed by atoms with Gasteiger partial charge in [0.2, 0.25) is 5.91 Å². The van der Waals surface area contributed by atoms with Gasteiger partial charge in [-0.3, -0.25) is 24.1 Å². The molecule has 0 aromatic heterocycles. The molecule has 1 N–H and O–H groups in total. The predicted octanol–water partition coefficient (Wildman–Crippen LogP) is 0.481. The van der Waals surface area contributed by atoms with Gasteiger partial charge in [-0.15, -0.1) is 0 Å². The maximum atomic E-state index is 12.4. The number of amides is 3. The van der Waals surface area contributed by atoms with Gasteiger partial charge in [-0.25, -0.2) is 0 Å². The number of thioether (sulfide) groups is 1. The number of nitriles is 1. The average molecular weight is 394 g/mol. The first kappa shape index (κ1) is 20.8. The highest BCUT2D eigenvalue weighted by atomic mass is 32.2. The van der Waals surface area contributed by atoms with Gasteiger partial charge in [0, 0.05) is 32.4 Å². The highest BCUT2D eigenvalue weighted by Crippen LogP contribution is 2.20. The predicted molar refractivity (Wildman–Crippen MR) is 97.2 cm³/mol. The maximum Gasteiger partial charge on any atom is 0.309 e. The Morgan fingerprint density at radius 1 is 1.37 bits per heavy atom. The van der Waals surface area contributed by atoms with Crippen molar-refractivity contribution in [3.05, 3.63) is 11.8 Å². The van der Waals surface area contributed by atoms with Crippen LogP contribution in [0.2, 0.25) is 0 Å². The largest absolute Gasteiger partial charge is 0.466 e. The summed E-state index contributed by atoms with van der Waals surface area (Å²) in [6.45, 7) is 3.28. The van der Waals surface area contributed by atoms with Gasteiger partial charge in [-0.2, -0.15) is 5.26 Å². The fourth-order valence-corrected chi connectivity index (χ4v) is 3.59. The third-order valence-electron chi connectivity index (χ3n) is 4.32. The molecule has 146 valence electrons. The van der Waals surface area contributed by atoms with Gasteiger partial charge in [0.25, 0.3) is 11.1 Å². The highest BCUT2D eigenvalue weighted by molar-refractivity contribution is 8.14. The van der Waals surface area contributed by atoms with Gasteiger partial charge in [0.15, 0.2) is 0 Å². The van der Waals surface area contributed by atoms with Crippen molar-refractivity contribution in [2.45, 2.75) is 19.8 Å². The number of hydrogen-bond donors (Lipinski definition) is 1. The molecule has 0 aliphatic carbocycles. The zero-order valence-electron chi connectivity index (χ0n) is 15.1. The van der Waals surface area contributed by atoms with Crippen LogP contribution in [-0.4, -0.2) is 71.4 Å². The standard InChI is InChI=1S/C17H22N4O5S/c1-2-26-16(24)12-3-6-20(7-4-12)15(23)13(9-18)10-19-5-8-21-14(22)11-27-17(21)25/h10,12,19H,2-8,11H2,1H3/b13-10-. The van der Waals surface area contributed by atoms with Gasteiger partial charge >= 0.3 is 5.97 Å². The topological polar surface area (TPSA) is 120 Å². The van der Waals surface area contributed by atoms with Crippen LogP contribution in [0.5, 0.6) is 0 Å². The molecule has 0 aromatic rings. The summed E-state index contributed by atoms with van der Waals surface area (Å²) < 4.78 is 5.00. The zero-order valence-corrected chi connectivity index (χ0v) is 15.9. The van der Waals surface area contributed by atoms with E-state index < -0.39 is 5.91 Å². The lowest BCUT2D eigenvalue weighted by molar-refractivity contribution is -0.150. The number of carbonyl (C=O) groups is 4. The van der Waals surface area contributed by atoms with Crippen LogP contribution < -0.4 is 5.32 Å². The lowest BCUT2D eigenvalue weighted by Crippen LogP contribution is -2.41. The van der Waals surface area contributed by atoms with Crippen molar-refractivity contribution < 1.29 is 23.9 Å². The fraction of sp³-hybridized carbons (Fsp3) is 0.588. The molecular formula is C17H22N4O5S. The number of ether oxygens (including phenoxy) is 1. The Morgan fingerprint density at radius 2 is 2.07 bits per heavy atom. The van der Waals surface area contributed by atoms with Crippen LogP contribution in [0.15, 0.2) is 11.8 Å². The minimum absolute atomic E-state index is 0.0574. The first-order chi connectivity index (χ1) is 13.0. The summed E-state index contributed by atoms with van der Waals surface area (Å²) in [7, 11) is 0. The van der Waals surface area contributed by atoms with E-state index in [-0.39, 0.29) is 47.4 Å².